The number of ether oxygens (including phenoxy) is 1. The summed E-state index contributed by atoms with van der Waals surface area (Å²) in [6.07, 6.45) is 6.23. The molecule has 0 spiro atoms. The van der Waals surface area contributed by atoms with Gasteiger partial charge in [-0.3, -0.25) is 0 Å². The van der Waals surface area contributed by atoms with Crippen molar-refractivity contribution < 1.29 is 9.84 Å². The lowest BCUT2D eigenvalue weighted by atomic mass is 9.90. The smallest absolute Gasteiger partial charge is 0.119 e. The van der Waals surface area contributed by atoms with Gasteiger partial charge in [0.05, 0.1) is 12.7 Å². The third-order valence-corrected chi connectivity index (χ3v) is 3.82. The van der Waals surface area contributed by atoms with Crippen LogP contribution in [0.3, 0.4) is 0 Å². The molecule has 0 heterocycles. The van der Waals surface area contributed by atoms with E-state index in [2.05, 4.69) is 13.0 Å². The molecule has 94 valence electrons. The van der Waals surface area contributed by atoms with Crippen LogP contribution in [0, 0.1) is 0 Å². The summed E-state index contributed by atoms with van der Waals surface area (Å²) >= 11 is 0. The summed E-state index contributed by atoms with van der Waals surface area (Å²) in [6.45, 7) is 2.19. The number of methoxy groups -OCH3 is 1. The number of hydrogen-bond donors (Lipinski definition) is 1. The van der Waals surface area contributed by atoms with Crippen LogP contribution >= 0.6 is 0 Å². The molecule has 0 fully saturated rings. The van der Waals surface area contributed by atoms with Gasteiger partial charge in [0.1, 0.15) is 5.75 Å². The summed E-state index contributed by atoms with van der Waals surface area (Å²) in [7, 11) is 1.68. The zero-order valence-electron chi connectivity index (χ0n) is 10.8. The second-order valence-electron chi connectivity index (χ2n) is 5.01. The van der Waals surface area contributed by atoms with E-state index in [0.29, 0.717) is 0 Å². The third kappa shape index (κ3) is 2.47. The Balaban J connectivity index is 2.15. The highest BCUT2D eigenvalue weighted by atomic mass is 16.5. The van der Waals surface area contributed by atoms with Crippen molar-refractivity contribution in [2.24, 2.45) is 0 Å². The topological polar surface area (TPSA) is 29.5 Å². The average molecular weight is 234 g/mol. The molecule has 0 bridgehead atoms. The highest BCUT2D eigenvalue weighted by Gasteiger charge is 2.35. The minimum Gasteiger partial charge on any atom is -0.497 e. The van der Waals surface area contributed by atoms with Crippen molar-refractivity contribution in [1.82, 2.24) is 0 Å². The van der Waals surface area contributed by atoms with E-state index in [1.54, 1.807) is 7.11 Å². The molecule has 0 saturated heterocycles. The fourth-order valence-corrected chi connectivity index (χ4v) is 2.76. The summed E-state index contributed by atoms with van der Waals surface area (Å²) < 4.78 is 5.22. The Kier molecular flexibility index (Phi) is 3.72. The molecule has 0 radical (unpaired) electrons. The number of aliphatic hydroxyl groups is 1. The SMILES string of the molecule is CCCCC[C@]1(O)CCc2cc(OC)ccc21. The van der Waals surface area contributed by atoms with Crippen LogP contribution in [0.5, 0.6) is 5.75 Å². The van der Waals surface area contributed by atoms with Gasteiger partial charge < -0.3 is 9.84 Å². The number of unbranched alkanes of at least 4 members (excludes halogenated alkanes) is 2. The van der Waals surface area contributed by atoms with Crippen molar-refractivity contribution in [3.63, 3.8) is 0 Å². The van der Waals surface area contributed by atoms with E-state index >= 15 is 0 Å². The molecule has 2 heteroatoms. The van der Waals surface area contributed by atoms with Crippen molar-refractivity contribution in [2.45, 2.75) is 51.0 Å². The molecule has 0 amide bonds. The van der Waals surface area contributed by atoms with Gasteiger partial charge in [-0.1, -0.05) is 32.3 Å². The molecule has 0 aliphatic heterocycles. The molecule has 17 heavy (non-hydrogen) atoms. The van der Waals surface area contributed by atoms with Gasteiger partial charge in [0.2, 0.25) is 0 Å². The van der Waals surface area contributed by atoms with E-state index in [4.69, 9.17) is 4.74 Å². The van der Waals surface area contributed by atoms with E-state index < -0.39 is 5.60 Å². The number of rotatable bonds is 5. The van der Waals surface area contributed by atoms with Crippen LogP contribution < -0.4 is 4.74 Å². The van der Waals surface area contributed by atoms with Crippen molar-refractivity contribution >= 4 is 0 Å². The number of aryl methyl sites for hydroxylation is 1. The zero-order chi connectivity index (χ0) is 12.3. The van der Waals surface area contributed by atoms with Gasteiger partial charge in [0.25, 0.3) is 0 Å². The minimum atomic E-state index is -0.587. The monoisotopic (exact) mass is 234 g/mol. The molecule has 0 saturated carbocycles. The fourth-order valence-electron chi connectivity index (χ4n) is 2.76. The molecule has 1 atom stereocenters. The van der Waals surface area contributed by atoms with Crippen LogP contribution in [-0.4, -0.2) is 12.2 Å². The van der Waals surface area contributed by atoms with Crippen molar-refractivity contribution in [3.8, 4) is 5.75 Å². The second-order valence-corrected chi connectivity index (χ2v) is 5.01. The summed E-state index contributed by atoms with van der Waals surface area (Å²) in [6, 6.07) is 6.05. The molecular formula is C15H22O2. The van der Waals surface area contributed by atoms with Crippen LogP contribution in [0.4, 0.5) is 0 Å². The van der Waals surface area contributed by atoms with E-state index in [1.165, 1.54) is 18.4 Å². The van der Waals surface area contributed by atoms with Crippen LogP contribution in [0.2, 0.25) is 0 Å². The van der Waals surface area contributed by atoms with Gasteiger partial charge >= 0.3 is 0 Å². The summed E-state index contributed by atoms with van der Waals surface area (Å²) in [5, 5.41) is 10.7. The van der Waals surface area contributed by atoms with Gasteiger partial charge in [-0.15, -0.1) is 0 Å². The Morgan fingerprint density at radius 2 is 2.18 bits per heavy atom. The van der Waals surface area contributed by atoms with Crippen molar-refractivity contribution in [1.29, 1.82) is 0 Å². The zero-order valence-corrected chi connectivity index (χ0v) is 10.8. The molecule has 1 aromatic rings. The van der Waals surface area contributed by atoms with Gasteiger partial charge in [-0.05, 0) is 42.5 Å². The normalized spacial score (nSPS) is 22.5. The van der Waals surface area contributed by atoms with Crippen LogP contribution in [-0.2, 0) is 12.0 Å². The summed E-state index contributed by atoms with van der Waals surface area (Å²) in [5.74, 6) is 0.890. The van der Waals surface area contributed by atoms with Gasteiger partial charge in [-0.2, -0.15) is 0 Å². The Morgan fingerprint density at radius 1 is 1.35 bits per heavy atom. The third-order valence-electron chi connectivity index (χ3n) is 3.82. The molecular weight excluding hydrogens is 212 g/mol. The molecule has 2 nitrogen and oxygen atoms in total. The highest BCUT2D eigenvalue weighted by Crippen LogP contribution is 2.41. The largest absolute Gasteiger partial charge is 0.497 e. The molecule has 1 aliphatic carbocycles. The first-order chi connectivity index (χ1) is 8.19. The molecule has 1 aromatic carbocycles. The average Bonchev–Trinajstić information content (AvgIpc) is 2.67. The maximum atomic E-state index is 10.7. The molecule has 0 aromatic heterocycles. The maximum absolute atomic E-state index is 10.7. The first-order valence-corrected chi connectivity index (χ1v) is 6.59. The van der Waals surface area contributed by atoms with E-state index in [9.17, 15) is 5.11 Å². The van der Waals surface area contributed by atoms with Gasteiger partial charge in [-0.25, -0.2) is 0 Å². The minimum absolute atomic E-state index is 0.587. The molecule has 1 N–H and O–H groups in total. The van der Waals surface area contributed by atoms with E-state index in [1.807, 2.05) is 12.1 Å². The number of fused-ring (bicyclic) bond motifs is 1. The van der Waals surface area contributed by atoms with Gasteiger partial charge in [0, 0.05) is 0 Å². The fraction of sp³-hybridized carbons (Fsp3) is 0.600. The predicted octanol–water partition coefficient (Wildman–Crippen LogP) is 3.41. The molecule has 2 rings (SSSR count). The van der Waals surface area contributed by atoms with Crippen LogP contribution in [0.1, 0.15) is 50.2 Å². The summed E-state index contributed by atoms with van der Waals surface area (Å²) in [5.41, 5.74) is 1.79. The molecule has 1 aliphatic rings. The van der Waals surface area contributed by atoms with Crippen LogP contribution in [0.15, 0.2) is 18.2 Å². The van der Waals surface area contributed by atoms with Gasteiger partial charge in [0.15, 0.2) is 0 Å². The quantitative estimate of drug-likeness (QED) is 0.791. The van der Waals surface area contributed by atoms with E-state index in [0.717, 1.165) is 37.0 Å². The lowest BCUT2D eigenvalue weighted by Crippen LogP contribution is -2.21. The Labute approximate surface area is 104 Å². The first kappa shape index (κ1) is 12.4. The standard InChI is InChI=1S/C15H22O2/c1-3-4-5-9-15(16)10-8-12-11-13(17-2)6-7-14(12)15/h6-7,11,16H,3-5,8-10H2,1-2H3/t15-/m0/s1. The second kappa shape index (κ2) is 5.09. The Morgan fingerprint density at radius 3 is 2.88 bits per heavy atom. The first-order valence-electron chi connectivity index (χ1n) is 6.59. The predicted molar refractivity (Wildman–Crippen MR) is 69.4 cm³/mol. The summed E-state index contributed by atoms with van der Waals surface area (Å²) in [4.78, 5) is 0. The molecule has 0 unspecified atom stereocenters. The van der Waals surface area contributed by atoms with Crippen molar-refractivity contribution in [3.05, 3.63) is 29.3 Å². The van der Waals surface area contributed by atoms with E-state index in [-0.39, 0.29) is 0 Å². The number of hydrogen-bond acceptors (Lipinski definition) is 2. The Bertz CT molecular complexity index is 387. The maximum Gasteiger partial charge on any atom is 0.119 e. The Hall–Kier alpha value is -1.02. The van der Waals surface area contributed by atoms with Crippen LogP contribution in [0.25, 0.3) is 0 Å². The highest BCUT2D eigenvalue weighted by molar-refractivity contribution is 5.42. The van der Waals surface area contributed by atoms with Crippen molar-refractivity contribution in [2.75, 3.05) is 7.11 Å². The lowest BCUT2D eigenvalue weighted by molar-refractivity contribution is 0.0268. The lowest BCUT2D eigenvalue weighted by Gasteiger charge is -2.24. The number of benzene rings is 1.